The molecule has 0 fully saturated rings. The topological polar surface area (TPSA) is 118 Å². The molecule has 0 aromatic heterocycles. The molecule has 6 nitrogen and oxygen atoms in total. The third-order valence-corrected chi connectivity index (χ3v) is 3.01. The standard InChI is InChI=1S/C3H7NO5S2/c4-3(1-10,2(5)6)11(7,8)9/h10H,1,4H2,(H,5,6)(H,7,8,9)/t3-/m1/s1. The van der Waals surface area contributed by atoms with Crippen LogP contribution < -0.4 is 5.73 Å². The maximum Gasteiger partial charge on any atom is 0.343 e. The van der Waals surface area contributed by atoms with Gasteiger partial charge in [0.2, 0.25) is 0 Å². The number of thiol groups is 1. The first-order valence-electron chi connectivity index (χ1n) is 2.36. The maximum absolute atomic E-state index is 10.3. The van der Waals surface area contributed by atoms with Crippen LogP contribution in [-0.2, 0) is 14.9 Å². The second kappa shape index (κ2) is 2.97. The summed E-state index contributed by atoms with van der Waals surface area (Å²) in [5.41, 5.74) is 4.80. The summed E-state index contributed by atoms with van der Waals surface area (Å²) < 4.78 is 29.0. The maximum atomic E-state index is 10.3. The lowest BCUT2D eigenvalue weighted by molar-refractivity contribution is -0.139. The van der Waals surface area contributed by atoms with E-state index < -0.39 is 26.7 Å². The lowest BCUT2D eigenvalue weighted by Crippen LogP contribution is -2.56. The molecule has 0 saturated carbocycles. The second-order valence-electron chi connectivity index (χ2n) is 1.83. The Morgan fingerprint density at radius 1 is 1.64 bits per heavy atom. The minimum absolute atomic E-state index is 0.693. The van der Waals surface area contributed by atoms with E-state index in [1.54, 1.807) is 0 Å². The van der Waals surface area contributed by atoms with E-state index >= 15 is 0 Å². The van der Waals surface area contributed by atoms with E-state index in [2.05, 4.69) is 12.6 Å². The molecule has 0 aromatic carbocycles. The van der Waals surface area contributed by atoms with Crippen molar-refractivity contribution < 1.29 is 22.9 Å². The molecule has 0 aliphatic heterocycles. The summed E-state index contributed by atoms with van der Waals surface area (Å²) in [7, 11) is -4.81. The minimum Gasteiger partial charge on any atom is -0.479 e. The van der Waals surface area contributed by atoms with Crippen LogP contribution in [0.15, 0.2) is 0 Å². The van der Waals surface area contributed by atoms with Gasteiger partial charge in [0.05, 0.1) is 0 Å². The summed E-state index contributed by atoms with van der Waals surface area (Å²) in [5, 5.41) is 8.26. The number of aliphatic carboxylic acids is 1. The molecule has 0 spiro atoms. The van der Waals surface area contributed by atoms with Crippen LogP contribution in [-0.4, -0.2) is 34.7 Å². The normalized spacial score (nSPS) is 17.4. The molecule has 0 aromatic rings. The highest BCUT2D eigenvalue weighted by atomic mass is 32.2. The van der Waals surface area contributed by atoms with Crippen LogP contribution >= 0.6 is 12.6 Å². The molecular formula is C3H7NO5S2. The van der Waals surface area contributed by atoms with Crippen LogP contribution in [0.2, 0.25) is 0 Å². The predicted molar refractivity (Wildman–Crippen MR) is 40.0 cm³/mol. The van der Waals surface area contributed by atoms with Crippen LogP contribution in [0.1, 0.15) is 0 Å². The molecule has 0 radical (unpaired) electrons. The molecule has 4 N–H and O–H groups in total. The molecule has 1 atom stereocenters. The zero-order valence-electron chi connectivity index (χ0n) is 5.26. The summed E-state index contributed by atoms with van der Waals surface area (Å²) in [6.07, 6.45) is 0. The monoisotopic (exact) mass is 201 g/mol. The van der Waals surface area contributed by atoms with Crippen molar-refractivity contribution >= 4 is 28.7 Å². The fourth-order valence-electron chi connectivity index (χ4n) is 0.260. The highest BCUT2D eigenvalue weighted by molar-refractivity contribution is 7.90. The number of rotatable bonds is 3. The van der Waals surface area contributed by atoms with Gasteiger partial charge in [0, 0.05) is 5.75 Å². The highest BCUT2D eigenvalue weighted by Crippen LogP contribution is 2.10. The van der Waals surface area contributed by atoms with Crippen LogP contribution in [0.4, 0.5) is 0 Å². The first kappa shape index (κ1) is 10.7. The minimum atomic E-state index is -4.81. The smallest absolute Gasteiger partial charge is 0.343 e. The van der Waals surface area contributed by atoms with Gasteiger partial charge in [-0.05, 0) is 0 Å². The van der Waals surface area contributed by atoms with E-state index in [-0.39, 0.29) is 0 Å². The molecule has 0 amide bonds. The number of hydrogen-bond donors (Lipinski definition) is 4. The zero-order chi connectivity index (χ0) is 9.28. The van der Waals surface area contributed by atoms with Crippen molar-refractivity contribution in [3.8, 4) is 0 Å². The van der Waals surface area contributed by atoms with Crippen molar-refractivity contribution in [3.05, 3.63) is 0 Å². The summed E-state index contributed by atoms with van der Waals surface area (Å²) in [5.74, 6) is -2.53. The van der Waals surface area contributed by atoms with Gasteiger partial charge in [-0.3, -0.25) is 4.55 Å². The molecule has 0 heterocycles. The molecule has 0 aliphatic rings. The first-order chi connectivity index (χ1) is 4.75. The van der Waals surface area contributed by atoms with E-state index in [1.165, 1.54) is 0 Å². The van der Waals surface area contributed by atoms with Crippen molar-refractivity contribution in [2.24, 2.45) is 5.73 Å². The fraction of sp³-hybridized carbons (Fsp3) is 0.667. The van der Waals surface area contributed by atoms with Crippen molar-refractivity contribution in [1.82, 2.24) is 0 Å². The van der Waals surface area contributed by atoms with Gasteiger partial charge >= 0.3 is 5.97 Å². The van der Waals surface area contributed by atoms with E-state index in [9.17, 15) is 13.2 Å². The first-order valence-corrected chi connectivity index (χ1v) is 4.43. The zero-order valence-corrected chi connectivity index (χ0v) is 6.97. The Hall–Kier alpha value is -0.310. The Bertz CT molecular complexity index is 259. The van der Waals surface area contributed by atoms with Gasteiger partial charge in [-0.2, -0.15) is 21.0 Å². The third-order valence-electron chi connectivity index (χ3n) is 1.06. The Balaban J connectivity index is 5.09. The van der Waals surface area contributed by atoms with E-state index in [0.717, 1.165) is 0 Å². The molecule has 8 heteroatoms. The van der Waals surface area contributed by atoms with Crippen LogP contribution in [0.3, 0.4) is 0 Å². The average Bonchev–Trinajstić information content (AvgIpc) is 1.83. The molecule has 0 saturated heterocycles. The van der Waals surface area contributed by atoms with E-state index in [1.807, 2.05) is 0 Å². The second-order valence-corrected chi connectivity index (χ2v) is 3.82. The summed E-state index contributed by atoms with van der Waals surface area (Å²) in [6.45, 7) is 0. The van der Waals surface area contributed by atoms with E-state index in [4.69, 9.17) is 15.4 Å². The Labute approximate surface area is 68.5 Å². The predicted octanol–water partition coefficient (Wildman–Crippen LogP) is -1.46. The molecule has 0 bridgehead atoms. The van der Waals surface area contributed by atoms with Crippen molar-refractivity contribution in [3.63, 3.8) is 0 Å². The Morgan fingerprint density at radius 2 is 2.00 bits per heavy atom. The van der Waals surface area contributed by atoms with Crippen molar-refractivity contribution in [2.75, 3.05) is 5.75 Å². The Kier molecular flexibility index (Phi) is 2.89. The molecule has 66 valence electrons. The number of nitrogens with two attached hydrogens (primary N) is 1. The Morgan fingerprint density at radius 3 is 2.00 bits per heavy atom. The van der Waals surface area contributed by atoms with Crippen LogP contribution in [0, 0.1) is 0 Å². The van der Waals surface area contributed by atoms with Gasteiger partial charge in [-0.1, -0.05) is 0 Å². The van der Waals surface area contributed by atoms with Crippen molar-refractivity contribution in [1.29, 1.82) is 0 Å². The number of carboxylic acid groups (broad SMARTS) is 1. The molecular weight excluding hydrogens is 194 g/mol. The largest absolute Gasteiger partial charge is 0.479 e. The lowest BCUT2D eigenvalue weighted by atomic mass is 10.4. The molecule has 0 aliphatic carbocycles. The average molecular weight is 201 g/mol. The lowest BCUT2D eigenvalue weighted by Gasteiger charge is -2.17. The van der Waals surface area contributed by atoms with Crippen LogP contribution in [0.25, 0.3) is 0 Å². The van der Waals surface area contributed by atoms with Gasteiger partial charge in [0.15, 0.2) is 0 Å². The number of carboxylic acids is 1. The molecule has 11 heavy (non-hydrogen) atoms. The third kappa shape index (κ3) is 1.83. The van der Waals surface area contributed by atoms with Gasteiger partial charge in [0.1, 0.15) is 0 Å². The van der Waals surface area contributed by atoms with Crippen LogP contribution in [0.5, 0.6) is 0 Å². The summed E-state index contributed by atoms with van der Waals surface area (Å²) >= 11 is 3.39. The molecule has 0 rings (SSSR count). The van der Waals surface area contributed by atoms with Gasteiger partial charge < -0.3 is 10.8 Å². The van der Waals surface area contributed by atoms with E-state index in [0.29, 0.717) is 0 Å². The number of hydrogen-bond acceptors (Lipinski definition) is 5. The van der Waals surface area contributed by atoms with Gasteiger partial charge in [-0.15, -0.1) is 0 Å². The van der Waals surface area contributed by atoms with Gasteiger partial charge in [-0.25, -0.2) is 4.79 Å². The summed E-state index contributed by atoms with van der Waals surface area (Å²) in [6, 6.07) is 0. The van der Waals surface area contributed by atoms with Crippen molar-refractivity contribution in [2.45, 2.75) is 4.87 Å². The fourth-order valence-corrected chi connectivity index (χ4v) is 1.27. The quantitative estimate of drug-likeness (QED) is 0.327. The van der Waals surface area contributed by atoms with Gasteiger partial charge in [0.25, 0.3) is 15.0 Å². The SMILES string of the molecule is N[C@@](CS)(C(=O)O)S(=O)(=O)O. The molecule has 0 unspecified atom stereocenters. The highest BCUT2D eigenvalue weighted by Gasteiger charge is 2.45. The summed E-state index contributed by atoms with van der Waals surface area (Å²) in [4.78, 5) is 7.47. The number of carbonyl (C=O) groups is 1.